The van der Waals surface area contributed by atoms with Gasteiger partial charge in [0, 0.05) is 25.3 Å². The molecule has 16 heavy (non-hydrogen) atoms. The lowest BCUT2D eigenvalue weighted by atomic mass is 10.2. The van der Waals surface area contributed by atoms with Crippen molar-refractivity contribution in [2.24, 2.45) is 0 Å². The van der Waals surface area contributed by atoms with Crippen LogP contribution in [-0.2, 0) is 4.74 Å². The first-order valence-electron chi connectivity index (χ1n) is 5.68. The highest BCUT2D eigenvalue weighted by molar-refractivity contribution is 5.13. The van der Waals surface area contributed by atoms with E-state index < -0.39 is 0 Å². The summed E-state index contributed by atoms with van der Waals surface area (Å²) in [5, 5.41) is 8.92. The van der Waals surface area contributed by atoms with Gasteiger partial charge in [0.2, 0.25) is 0 Å². The molecule has 1 aromatic heterocycles. The first-order valence-corrected chi connectivity index (χ1v) is 5.68. The minimum absolute atomic E-state index is 0.0419. The predicted molar refractivity (Wildman–Crippen MR) is 61.2 cm³/mol. The van der Waals surface area contributed by atoms with Crippen molar-refractivity contribution in [3.05, 3.63) is 29.6 Å². The molecule has 0 amide bonds. The van der Waals surface area contributed by atoms with Crippen LogP contribution in [0, 0.1) is 6.92 Å². The Hall–Kier alpha value is -0.970. The number of β-amino-alcohol motifs (C(OH)–C–C–N with tert-alkyl or cyclic N) is 1. The van der Waals surface area contributed by atoms with E-state index in [9.17, 15) is 0 Å². The second-order valence-corrected chi connectivity index (χ2v) is 4.09. The van der Waals surface area contributed by atoms with Crippen LogP contribution in [0.15, 0.2) is 18.2 Å². The summed E-state index contributed by atoms with van der Waals surface area (Å²) in [6.45, 7) is 5.32. The van der Waals surface area contributed by atoms with Gasteiger partial charge in [-0.05, 0) is 19.1 Å². The van der Waals surface area contributed by atoms with Crippen molar-refractivity contribution in [1.82, 2.24) is 9.88 Å². The molecule has 4 nitrogen and oxygen atoms in total. The third-order valence-corrected chi connectivity index (χ3v) is 2.81. The molecule has 1 saturated heterocycles. The summed E-state index contributed by atoms with van der Waals surface area (Å²) in [6.07, 6.45) is 0.0419. The zero-order valence-corrected chi connectivity index (χ0v) is 9.59. The highest BCUT2D eigenvalue weighted by Gasteiger charge is 2.22. The molecule has 0 aliphatic carbocycles. The van der Waals surface area contributed by atoms with Crippen molar-refractivity contribution in [1.29, 1.82) is 0 Å². The SMILES string of the molecule is Cc1cccc([C@@H]2CN(CCO)CCO2)n1. The summed E-state index contributed by atoms with van der Waals surface area (Å²) in [7, 11) is 0. The summed E-state index contributed by atoms with van der Waals surface area (Å²) >= 11 is 0. The predicted octanol–water partition coefficient (Wildman–Crippen LogP) is 0.756. The highest BCUT2D eigenvalue weighted by Crippen LogP contribution is 2.20. The van der Waals surface area contributed by atoms with E-state index in [2.05, 4.69) is 9.88 Å². The van der Waals surface area contributed by atoms with Gasteiger partial charge in [0.15, 0.2) is 0 Å². The quantitative estimate of drug-likeness (QED) is 0.820. The van der Waals surface area contributed by atoms with Crippen LogP contribution in [0.3, 0.4) is 0 Å². The van der Waals surface area contributed by atoms with E-state index in [0.29, 0.717) is 13.2 Å². The highest BCUT2D eigenvalue weighted by atomic mass is 16.5. The van der Waals surface area contributed by atoms with Crippen molar-refractivity contribution in [2.75, 3.05) is 32.8 Å². The number of aliphatic hydroxyl groups excluding tert-OH is 1. The Balaban J connectivity index is 2.03. The van der Waals surface area contributed by atoms with Gasteiger partial charge in [-0.25, -0.2) is 0 Å². The number of nitrogens with zero attached hydrogens (tertiary/aromatic N) is 2. The molecule has 1 aromatic rings. The number of hydrogen-bond donors (Lipinski definition) is 1. The van der Waals surface area contributed by atoms with Crippen LogP contribution in [0.4, 0.5) is 0 Å². The maximum Gasteiger partial charge on any atom is 0.112 e. The van der Waals surface area contributed by atoms with Crippen LogP contribution in [0.25, 0.3) is 0 Å². The molecule has 0 saturated carbocycles. The van der Waals surface area contributed by atoms with E-state index in [4.69, 9.17) is 9.84 Å². The Kier molecular flexibility index (Phi) is 3.88. The van der Waals surface area contributed by atoms with E-state index in [1.807, 2.05) is 25.1 Å². The summed E-state index contributed by atoms with van der Waals surface area (Å²) in [5.41, 5.74) is 2.00. The van der Waals surface area contributed by atoms with Crippen LogP contribution in [-0.4, -0.2) is 47.8 Å². The van der Waals surface area contributed by atoms with Crippen LogP contribution >= 0.6 is 0 Å². The Morgan fingerprint density at radius 2 is 2.44 bits per heavy atom. The molecule has 1 aliphatic rings. The molecule has 1 N–H and O–H groups in total. The summed E-state index contributed by atoms with van der Waals surface area (Å²) in [6, 6.07) is 5.99. The second-order valence-electron chi connectivity index (χ2n) is 4.09. The average Bonchev–Trinajstić information content (AvgIpc) is 2.30. The fraction of sp³-hybridized carbons (Fsp3) is 0.583. The molecule has 1 aliphatic heterocycles. The lowest BCUT2D eigenvalue weighted by Gasteiger charge is -2.32. The Morgan fingerprint density at radius 1 is 1.56 bits per heavy atom. The monoisotopic (exact) mass is 222 g/mol. The molecular formula is C12H18N2O2. The van der Waals surface area contributed by atoms with Gasteiger partial charge in [-0.2, -0.15) is 0 Å². The van der Waals surface area contributed by atoms with E-state index in [-0.39, 0.29) is 12.7 Å². The van der Waals surface area contributed by atoms with Crippen molar-refractivity contribution >= 4 is 0 Å². The van der Waals surface area contributed by atoms with Gasteiger partial charge in [0.25, 0.3) is 0 Å². The zero-order valence-electron chi connectivity index (χ0n) is 9.59. The van der Waals surface area contributed by atoms with E-state index >= 15 is 0 Å². The van der Waals surface area contributed by atoms with Gasteiger partial charge >= 0.3 is 0 Å². The molecule has 0 unspecified atom stereocenters. The molecule has 0 radical (unpaired) electrons. The molecule has 0 bridgehead atoms. The van der Waals surface area contributed by atoms with E-state index in [0.717, 1.165) is 24.5 Å². The van der Waals surface area contributed by atoms with Crippen molar-refractivity contribution in [3.63, 3.8) is 0 Å². The van der Waals surface area contributed by atoms with Crippen LogP contribution < -0.4 is 0 Å². The third-order valence-electron chi connectivity index (χ3n) is 2.81. The number of morpholine rings is 1. The van der Waals surface area contributed by atoms with Crippen LogP contribution in [0.1, 0.15) is 17.5 Å². The summed E-state index contributed by atoms with van der Waals surface area (Å²) in [5.74, 6) is 0. The molecule has 2 rings (SSSR count). The molecule has 88 valence electrons. The number of aliphatic hydroxyl groups is 1. The molecule has 1 fully saturated rings. The Labute approximate surface area is 95.9 Å². The fourth-order valence-corrected chi connectivity index (χ4v) is 1.97. The molecule has 4 heteroatoms. The number of pyridine rings is 1. The van der Waals surface area contributed by atoms with Gasteiger partial charge in [-0.15, -0.1) is 0 Å². The van der Waals surface area contributed by atoms with E-state index in [1.165, 1.54) is 0 Å². The van der Waals surface area contributed by atoms with Crippen molar-refractivity contribution < 1.29 is 9.84 Å². The van der Waals surface area contributed by atoms with Gasteiger partial charge < -0.3 is 9.84 Å². The van der Waals surface area contributed by atoms with Crippen molar-refractivity contribution in [3.8, 4) is 0 Å². The summed E-state index contributed by atoms with van der Waals surface area (Å²) < 4.78 is 5.71. The first kappa shape index (κ1) is 11.5. The smallest absolute Gasteiger partial charge is 0.112 e. The molecule has 0 spiro atoms. The minimum Gasteiger partial charge on any atom is -0.395 e. The van der Waals surface area contributed by atoms with Gasteiger partial charge in [0.05, 0.1) is 18.9 Å². The standard InChI is InChI=1S/C12H18N2O2/c1-10-3-2-4-11(13-10)12-9-14(5-7-15)6-8-16-12/h2-4,12,15H,5-9H2,1H3/t12-/m0/s1. The number of hydrogen-bond acceptors (Lipinski definition) is 4. The van der Waals surface area contributed by atoms with Crippen LogP contribution in [0.2, 0.25) is 0 Å². The number of rotatable bonds is 3. The number of aromatic nitrogens is 1. The fourth-order valence-electron chi connectivity index (χ4n) is 1.97. The molecular weight excluding hydrogens is 204 g/mol. The third kappa shape index (κ3) is 2.78. The maximum absolute atomic E-state index is 8.92. The Bertz CT molecular complexity index is 342. The zero-order chi connectivity index (χ0) is 11.4. The molecule has 1 atom stereocenters. The molecule has 0 aromatic carbocycles. The largest absolute Gasteiger partial charge is 0.395 e. The van der Waals surface area contributed by atoms with Gasteiger partial charge in [0.1, 0.15) is 6.10 Å². The Morgan fingerprint density at radius 3 is 3.19 bits per heavy atom. The average molecular weight is 222 g/mol. The number of aryl methyl sites for hydroxylation is 1. The normalized spacial score (nSPS) is 22.2. The second kappa shape index (κ2) is 5.39. The lowest BCUT2D eigenvalue weighted by molar-refractivity contribution is -0.0358. The lowest BCUT2D eigenvalue weighted by Crippen LogP contribution is -2.40. The van der Waals surface area contributed by atoms with Crippen molar-refractivity contribution in [2.45, 2.75) is 13.0 Å². The van der Waals surface area contributed by atoms with Crippen LogP contribution in [0.5, 0.6) is 0 Å². The summed E-state index contributed by atoms with van der Waals surface area (Å²) in [4.78, 5) is 6.68. The van der Waals surface area contributed by atoms with E-state index in [1.54, 1.807) is 0 Å². The van der Waals surface area contributed by atoms with Gasteiger partial charge in [-0.1, -0.05) is 6.07 Å². The first-order chi connectivity index (χ1) is 7.79. The number of ether oxygens (including phenoxy) is 1. The topological polar surface area (TPSA) is 45.6 Å². The maximum atomic E-state index is 8.92. The minimum atomic E-state index is 0.0419. The van der Waals surface area contributed by atoms with Gasteiger partial charge in [-0.3, -0.25) is 9.88 Å². The molecule has 2 heterocycles.